The minimum Gasteiger partial charge on any atom is -0.324 e. The van der Waals surface area contributed by atoms with Crippen molar-refractivity contribution in [1.82, 2.24) is 4.31 Å². The molecule has 0 heterocycles. The predicted molar refractivity (Wildman–Crippen MR) is 96.3 cm³/mol. The smallest absolute Gasteiger partial charge is 0.243 e. The molecule has 2 aromatic carbocycles. The van der Waals surface area contributed by atoms with Crippen molar-refractivity contribution < 1.29 is 22.4 Å². The zero-order valence-corrected chi connectivity index (χ0v) is 15.6. The van der Waals surface area contributed by atoms with E-state index in [1.54, 1.807) is 0 Å². The van der Waals surface area contributed by atoms with Crippen LogP contribution in [0.5, 0.6) is 0 Å². The lowest BCUT2D eigenvalue weighted by atomic mass is 10.2. The average Bonchev–Trinajstić information content (AvgIpc) is 2.57. The van der Waals surface area contributed by atoms with Gasteiger partial charge in [0.25, 0.3) is 0 Å². The van der Waals surface area contributed by atoms with Gasteiger partial charge in [-0.2, -0.15) is 4.31 Å². The molecule has 6 nitrogen and oxygen atoms in total. The van der Waals surface area contributed by atoms with E-state index in [2.05, 4.69) is 5.32 Å². The van der Waals surface area contributed by atoms with Gasteiger partial charge < -0.3 is 5.32 Å². The number of nitrogens with one attached hydrogen (secondary N) is 1. The highest BCUT2D eigenvalue weighted by molar-refractivity contribution is 7.89. The molecule has 9 heteroatoms. The van der Waals surface area contributed by atoms with E-state index in [-0.39, 0.29) is 21.4 Å². The SMILES string of the molecule is CC(=O)c1ccc(S(=O)(=O)N(C)CC(=O)Nc2ccc(F)cc2Cl)cc1. The molecule has 0 aromatic heterocycles. The van der Waals surface area contributed by atoms with Crippen LogP contribution in [0.1, 0.15) is 17.3 Å². The molecule has 0 radical (unpaired) electrons. The highest BCUT2D eigenvalue weighted by atomic mass is 35.5. The van der Waals surface area contributed by atoms with E-state index in [1.165, 1.54) is 44.3 Å². The monoisotopic (exact) mass is 398 g/mol. The lowest BCUT2D eigenvalue weighted by molar-refractivity contribution is -0.116. The maximum absolute atomic E-state index is 13.0. The Morgan fingerprint density at radius 2 is 1.77 bits per heavy atom. The van der Waals surface area contributed by atoms with Crippen LogP contribution in [0, 0.1) is 5.82 Å². The van der Waals surface area contributed by atoms with Gasteiger partial charge in [0, 0.05) is 12.6 Å². The van der Waals surface area contributed by atoms with Gasteiger partial charge in [-0.25, -0.2) is 12.8 Å². The standard InChI is InChI=1S/C17H16ClFN2O4S/c1-11(22)12-3-6-14(7-4-12)26(24,25)21(2)10-17(23)20-16-8-5-13(19)9-15(16)18/h3-9H,10H2,1-2H3,(H,20,23). The van der Waals surface area contributed by atoms with E-state index in [4.69, 9.17) is 11.6 Å². The number of carbonyl (C=O) groups is 2. The van der Waals surface area contributed by atoms with Gasteiger partial charge in [-0.1, -0.05) is 23.7 Å². The topological polar surface area (TPSA) is 83.6 Å². The highest BCUT2D eigenvalue weighted by Gasteiger charge is 2.23. The summed E-state index contributed by atoms with van der Waals surface area (Å²) < 4.78 is 38.9. The Hall–Kier alpha value is -2.29. The molecule has 138 valence electrons. The van der Waals surface area contributed by atoms with Crippen molar-refractivity contribution in [1.29, 1.82) is 0 Å². The second-order valence-electron chi connectivity index (χ2n) is 5.51. The fourth-order valence-electron chi connectivity index (χ4n) is 2.11. The maximum Gasteiger partial charge on any atom is 0.243 e. The van der Waals surface area contributed by atoms with Gasteiger partial charge >= 0.3 is 0 Å². The van der Waals surface area contributed by atoms with Crippen molar-refractivity contribution in [2.75, 3.05) is 18.9 Å². The summed E-state index contributed by atoms with van der Waals surface area (Å²) in [5, 5.41) is 2.43. The highest BCUT2D eigenvalue weighted by Crippen LogP contribution is 2.22. The van der Waals surface area contributed by atoms with Gasteiger partial charge in [0.05, 0.1) is 22.2 Å². The molecular weight excluding hydrogens is 383 g/mol. The van der Waals surface area contributed by atoms with Crippen LogP contribution in [0.15, 0.2) is 47.4 Å². The Morgan fingerprint density at radius 3 is 2.31 bits per heavy atom. The third kappa shape index (κ3) is 4.66. The second kappa shape index (κ2) is 7.94. The summed E-state index contributed by atoms with van der Waals surface area (Å²) in [5.74, 6) is -1.37. The molecule has 0 aliphatic heterocycles. The molecule has 0 saturated carbocycles. The first-order valence-electron chi connectivity index (χ1n) is 7.43. The number of anilines is 1. The second-order valence-corrected chi connectivity index (χ2v) is 7.97. The largest absolute Gasteiger partial charge is 0.324 e. The molecule has 2 aromatic rings. The molecule has 1 amide bonds. The molecule has 0 spiro atoms. The predicted octanol–water partition coefficient (Wildman–Crippen LogP) is 2.94. The Morgan fingerprint density at radius 1 is 1.15 bits per heavy atom. The number of sulfonamides is 1. The van der Waals surface area contributed by atoms with Gasteiger partial charge in [0.2, 0.25) is 15.9 Å². The molecule has 0 aliphatic rings. The molecular formula is C17H16ClFN2O4S. The van der Waals surface area contributed by atoms with Crippen LogP contribution >= 0.6 is 11.6 Å². The Labute approximate surface area is 155 Å². The number of amides is 1. The number of benzene rings is 2. The fourth-order valence-corrected chi connectivity index (χ4v) is 3.45. The molecule has 0 bridgehead atoms. The molecule has 0 fully saturated rings. The minimum atomic E-state index is -3.92. The number of hydrogen-bond acceptors (Lipinski definition) is 4. The average molecular weight is 399 g/mol. The number of likely N-dealkylation sites (N-methyl/N-ethyl adjacent to an activating group) is 1. The van der Waals surface area contributed by atoms with Gasteiger partial charge in [0.15, 0.2) is 5.78 Å². The van der Waals surface area contributed by atoms with Crippen molar-refractivity contribution in [3.8, 4) is 0 Å². The summed E-state index contributed by atoms with van der Waals surface area (Å²) in [6, 6.07) is 8.86. The van der Waals surface area contributed by atoms with E-state index >= 15 is 0 Å². The lowest BCUT2D eigenvalue weighted by Gasteiger charge is -2.17. The third-order valence-corrected chi connectivity index (χ3v) is 5.67. The van der Waals surface area contributed by atoms with Crippen molar-refractivity contribution in [3.63, 3.8) is 0 Å². The number of halogens is 2. The molecule has 26 heavy (non-hydrogen) atoms. The summed E-state index contributed by atoms with van der Waals surface area (Å²) in [6.45, 7) is 0.908. The van der Waals surface area contributed by atoms with Crippen LogP contribution in [0.4, 0.5) is 10.1 Å². The molecule has 1 N–H and O–H groups in total. The van der Waals surface area contributed by atoms with Crippen molar-refractivity contribution >= 4 is 39.0 Å². The summed E-state index contributed by atoms with van der Waals surface area (Å²) >= 11 is 5.82. The van der Waals surface area contributed by atoms with Gasteiger partial charge in [0.1, 0.15) is 5.82 Å². The molecule has 2 rings (SSSR count). The fraction of sp³-hybridized carbons (Fsp3) is 0.176. The first kappa shape index (κ1) is 20.0. The Bertz CT molecular complexity index is 946. The first-order valence-corrected chi connectivity index (χ1v) is 9.25. The normalized spacial score (nSPS) is 11.4. The number of carbonyl (C=O) groups excluding carboxylic acids is 2. The van der Waals surface area contributed by atoms with Gasteiger partial charge in [-0.15, -0.1) is 0 Å². The number of rotatable bonds is 6. The van der Waals surface area contributed by atoms with Crippen LogP contribution in [-0.4, -0.2) is 38.0 Å². The van der Waals surface area contributed by atoms with Crippen molar-refractivity contribution in [2.24, 2.45) is 0 Å². The van der Waals surface area contributed by atoms with E-state index < -0.39 is 28.3 Å². The summed E-state index contributed by atoms with van der Waals surface area (Å²) in [5.41, 5.74) is 0.560. The number of Topliss-reactive ketones (excluding diaryl/α,β-unsaturated/α-hetero) is 1. The zero-order valence-electron chi connectivity index (χ0n) is 14.0. The van der Waals surface area contributed by atoms with Crippen LogP contribution in [0.3, 0.4) is 0 Å². The Kier molecular flexibility index (Phi) is 6.12. The van der Waals surface area contributed by atoms with Crippen LogP contribution in [0.2, 0.25) is 5.02 Å². The molecule has 0 saturated heterocycles. The molecule has 0 aliphatic carbocycles. The molecule has 0 unspecified atom stereocenters. The van der Waals surface area contributed by atoms with E-state index in [0.717, 1.165) is 16.4 Å². The lowest BCUT2D eigenvalue weighted by Crippen LogP contribution is -2.35. The number of ketones is 1. The van der Waals surface area contributed by atoms with E-state index in [9.17, 15) is 22.4 Å². The third-order valence-electron chi connectivity index (χ3n) is 3.54. The van der Waals surface area contributed by atoms with Gasteiger partial charge in [-0.05, 0) is 37.3 Å². The van der Waals surface area contributed by atoms with Crippen LogP contribution in [0.25, 0.3) is 0 Å². The van der Waals surface area contributed by atoms with Crippen molar-refractivity contribution in [2.45, 2.75) is 11.8 Å². The zero-order chi connectivity index (χ0) is 19.5. The quantitative estimate of drug-likeness (QED) is 0.758. The van der Waals surface area contributed by atoms with Crippen LogP contribution < -0.4 is 5.32 Å². The Balaban J connectivity index is 2.10. The van der Waals surface area contributed by atoms with Crippen LogP contribution in [-0.2, 0) is 14.8 Å². The number of nitrogens with zero attached hydrogens (tertiary/aromatic N) is 1. The summed E-state index contributed by atoms with van der Waals surface area (Å²) in [6.07, 6.45) is 0. The van der Waals surface area contributed by atoms with Gasteiger partial charge in [-0.3, -0.25) is 9.59 Å². The maximum atomic E-state index is 13.0. The summed E-state index contributed by atoms with van der Waals surface area (Å²) in [4.78, 5) is 23.3. The van der Waals surface area contributed by atoms with E-state index in [1.807, 2.05) is 0 Å². The molecule has 0 atom stereocenters. The first-order chi connectivity index (χ1) is 12.1. The summed E-state index contributed by atoms with van der Waals surface area (Å²) in [7, 11) is -2.67. The number of hydrogen-bond donors (Lipinski definition) is 1. The van der Waals surface area contributed by atoms with E-state index in [0.29, 0.717) is 5.56 Å². The van der Waals surface area contributed by atoms with Crippen molar-refractivity contribution in [3.05, 3.63) is 58.9 Å². The minimum absolute atomic E-state index is 0.00341.